The lowest BCUT2D eigenvalue weighted by Gasteiger charge is -2.34. The van der Waals surface area contributed by atoms with Crippen molar-refractivity contribution in [1.82, 2.24) is 15.2 Å². The minimum atomic E-state index is 0.182. The third kappa shape index (κ3) is 3.06. The van der Waals surface area contributed by atoms with Crippen LogP contribution in [0.3, 0.4) is 0 Å². The van der Waals surface area contributed by atoms with Gasteiger partial charge < -0.3 is 10.1 Å². The minimum absolute atomic E-state index is 0.182. The maximum absolute atomic E-state index is 6.04. The Balaban J connectivity index is 1.61. The van der Waals surface area contributed by atoms with Crippen molar-refractivity contribution in [3.63, 3.8) is 0 Å². The van der Waals surface area contributed by atoms with E-state index in [0.717, 1.165) is 31.1 Å². The topological polar surface area (TPSA) is 37.4 Å². The van der Waals surface area contributed by atoms with Crippen molar-refractivity contribution in [3.8, 4) is 0 Å². The maximum Gasteiger partial charge on any atom is 0.123 e. The van der Waals surface area contributed by atoms with E-state index in [9.17, 15) is 0 Å². The summed E-state index contributed by atoms with van der Waals surface area (Å²) < 4.78 is 6.04. The van der Waals surface area contributed by atoms with E-state index in [0.29, 0.717) is 12.1 Å². The van der Waals surface area contributed by atoms with Crippen molar-refractivity contribution in [1.29, 1.82) is 0 Å². The number of nitrogens with zero attached hydrogens (tertiary/aromatic N) is 2. The van der Waals surface area contributed by atoms with Crippen molar-refractivity contribution in [3.05, 3.63) is 16.1 Å². The van der Waals surface area contributed by atoms with Gasteiger partial charge in [-0.3, -0.25) is 4.90 Å². The Kier molecular flexibility index (Phi) is 4.71. The van der Waals surface area contributed by atoms with Gasteiger partial charge in [0.2, 0.25) is 0 Å². The Labute approximate surface area is 125 Å². The molecule has 2 aliphatic heterocycles. The molecule has 20 heavy (non-hydrogen) atoms. The Morgan fingerprint density at radius 2 is 2.50 bits per heavy atom. The first-order chi connectivity index (χ1) is 9.78. The van der Waals surface area contributed by atoms with E-state index in [-0.39, 0.29) is 6.10 Å². The molecule has 2 aliphatic rings. The number of aromatic nitrogens is 1. The molecule has 0 aliphatic carbocycles. The van der Waals surface area contributed by atoms with Crippen LogP contribution in [0.15, 0.2) is 6.20 Å². The number of ether oxygens (including phenoxy) is 1. The Morgan fingerprint density at radius 1 is 1.60 bits per heavy atom. The van der Waals surface area contributed by atoms with Gasteiger partial charge in [0.15, 0.2) is 0 Å². The van der Waals surface area contributed by atoms with Crippen LogP contribution in [0.1, 0.15) is 55.1 Å². The molecule has 3 atom stereocenters. The number of hydrogen-bond donors (Lipinski definition) is 1. The predicted molar refractivity (Wildman–Crippen MR) is 82.1 cm³/mol. The van der Waals surface area contributed by atoms with E-state index in [4.69, 9.17) is 4.74 Å². The Bertz CT molecular complexity index is 437. The molecule has 0 amide bonds. The molecule has 3 rings (SSSR count). The summed E-state index contributed by atoms with van der Waals surface area (Å²) >= 11 is 1.81. The molecule has 4 nitrogen and oxygen atoms in total. The highest BCUT2D eigenvalue weighted by molar-refractivity contribution is 7.11. The first-order valence-corrected chi connectivity index (χ1v) is 8.64. The molecule has 3 heterocycles. The molecule has 3 unspecified atom stereocenters. The lowest BCUT2D eigenvalue weighted by Crippen LogP contribution is -2.42. The number of morpholine rings is 1. The summed E-state index contributed by atoms with van der Waals surface area (Å²) in [7, 11) is 0. The van der Waals surface area contributed by atoms with Gasteiger partial charge in [-0.1, -0.05) is 6.92 Å². The zero-order chi connectivity index (χ0) is 13.9. The van der Waals surface area contributed by atoms with E-state index in [2.05, 4.69) is 29.0 Å². The van der Waals surface area contributed by atoms with Gasteiger partial charge in [0.25, 0.3) is 0 Å². The summed E-state index contributed by atoms with van der Waals surface area (Å²) in [6, 6.07) is 1.06. The van der Waals surface area contributed by atoms with E-state index < -0.39 is 0 Å². The van der Waals surface area contributed by atoms with Gasteiger partial charge in [-0.2, -0.15) is 0 Å². The van der Waals surface area contributed by atoms with Crippen LogP contribution in [-0.2, 0) is 4.74 Å². The summed E-state index contributed by atoms with van der Waals surface area (Å²) in [6.07, 6.45) is 5.99. The number of thiazole rings is 1. The summed E-state index contributed by atoms with van der Waals surface area (Å²) in [6.45, 7) is 8.60. The van der Waals surface area contributed by atoms with E-state index in [1.165, 1.54) is 24.3 Å². The quantitative estimate of drug-likeness (QED) is 0.906. The fourth-order valence-corrected chi connectivity index (χ4v) is 4.06. The molecule has 0 aromatic carbocycles. The molecule has 1 N–H and O–H groups in total. The van der Waals surface area contributed by atoms with Crippen molar-refractivity contribution < 1.29 is 4.74 Å². The Morgan fingerprint density at radius 3 is 3.35 bits per heavy atom. The summed E-state index contributed by atoms with van der Waals surface area (Å²) in [5.74, 6) is 0. The van der Waals surface area contributed by atoms with Crippen LogP contribution >= 0.6 is 11.3 Å². The second kappa shape index (κ2) is 6.52. The van der Waals surface area contributed by atoms with Crippen LogP contribution in [0.2, 0.25) is 0 Å². The number of fused-ring (bicyclic) bond motifs is 1. The van der Waals surface area contributed by atoms with Crippen LogP contribution in [0.25, 0.3) is 0 Å². The van der Waals surface area contributed by atoms with Crippen LogP contribution in [0.4, 0.5) is 0 Å². The van der Waals surface area contributed by atoms with Gasteiger partial charge in [0.05, 0.1) is 6.61 Å². The van der Waals surface area contributed by atoms with Gasteiger partial charge in [0.1, 0.15) is 11.1 Å². The fraction of sp³-hybridized carbons (Fsp3) is 0.800. The second-order valence-electron chi connectivity index (χ2n) is 5.89. The monoisotopic (exact) mass is 295 g/mol. The van der Waals surface area contributed by atoms with Crippen molar-refractivity contribution in [2.24, 2.45) is 0 Å². The zero-order valence-corrected chi connectivity index (χ0v) is 13.3. The molecule has 5 heteroatoms. The van der Waals surface area contributed by atoms with E-state index in [1.807, 2.05) is 6.20 Å². The lowest BCUT2D eigenvalue weighted by molar-refractivity contribution is -0.0502. The molecule has 112 valence electrons. The SMILES string of the molecule is CCCNC(C)c1cnc(C2CN3CCCC3CO2)s1. The second-order valence-corrected chi connectivity index (χ2v) is 6.98. The normalized spacial score (nSPS) is 28.5. The van der Waals surface area contributed by atoms with Crippen molar-refractivity contribution >= 4 is 11.3 Å². The number of rotatable bonds is 5. The van der Waals surface area contributed by atoms with E-state index in [1.54, 1.807) is 11.3 Å². The summed E-state index contributed by atoms with van der Waals surface area (Å²) in [4.78, 5) is 8.51. The van der Waals surface area contributed by atoms with Gasteiger partial charge in [-0.05, 0) is 39.3 Å². The van der Waals surface area contributed by atoms with Gasteiger partial charge in [0, 0.05) is 29.7 Å². The molecular formula is C15H25N3OS. The minimum Gasteiger partial charge on any atom is -0.368 e. The molecule has 1 aromatic rings. The molecule has 0 radical (unpaired) electrons. The van der Waals surface area contributed by atoms with Crippen molar-refractivity contribution in [2.45, 2.75) is 51.3 Å². The molecule has 1 aromatic heterocycles. The van der Waals surface area contributed by atoms with E-state index >= 15 is 0 Å². The third-order valence-corrected chi connectivity index (χ3v) is 5.61. The summed E-state index contributed by atoms with van der Waals surface area (Å²) in [5.41, 5.74) is 0. The standard InChI is InChI=1S/C15H25N3OS/c1-3-6-16-11(2)14-8-17-15(20-14)13-9-18-7-4-5-12(18)10-19-13/h8,11-13,16H,3-7,9-10H2,1-2H3. The zero-order valence-electron chi connectivity index (χ0n) is 12.5. The van der Waals surface area contributed by atoms with Gasteiger partial charge in [-0.15, -0.1) is 11.3 Å². The first kappa shape index (κ1) is 14.4. The van der Waals surface area contributed by atoms with Crippen LogP contribution in [0.5, 0.6) is 0 Å². The molecule has 2 fully saturated rings. The summed E-state index contributed by atoms with van der Waals surface area (Å²) in [5, 5.41) is 4.67. The first-order valence-electron chi connectivity index (χ1n) is 7.82. The highest BCUT2D eigenvalue weighted by Crippen LogP contribution is 2.33. The molecular weight excluding hydrogens is 270 g/mol. The van der Waals surface area contributed by atoms with Crippen LogP contribution in [-0.4, -0.2) is 42.2 Å². The highest BCUT2D eigenvalue weighted by Gasteiger charge is 2.34. The average molecular weight is 295 g/mol. The predicted octanol–water partition coefficient (Wildman–Crippen LogP) is 2.74. The molecule has 0 saturated carbocycles. The average Bonchev–Trinajstić information content (AvgIpc) is 3.12. The largest absolute Gasteiger partial charge is 0.368 e. The highest BCUT2D eigenvalue weighted by atomic mass is 32.1. The maximum atomic E-state index is 6.04. The fourth-order valence-electron chi connectivity index (χ4n) is 3.08. The number of nitrogens with one attached hydrogen (secondary N) is 1. The van der Waals surface area contributed by atoms with Gasteiger partial charge >= 0.3 is 0 Å². The third-order valence-electron chi connectivity index (χ3n) is 4.33. The van der Waals surface area contributed by atoms with Crippen LogP contribution < -0.4 is 5.32 Å². The van der Waals surface area contributed by atoms with Crippen molar-refractivity contribution in [2.75, 3.05) is 26.2 Å². The van der Waals surface area contributed by atoms with Crippen LogP contribution in [0, 0.1) is 0 Å². The lowest BCUT2D eigenvalue weighted by atomic mass is 10.2. The smallest absolute Gasteiger partial charge is 0.123 e. The number of hydrogen-bond acceptors (Lipinski definition) is 5. The Hall–Kier alpha value is -0.490. The molecule has 0 spiro atoms. The van der Waals surface area contributed by atoms with Gasteiger partial charge in [-0.25, -0.2) is 4.98 Å². The molecule has 0 bridgehead atoms. The molecule has 2 saturated heterocycles.